The molecule has 0 aliphatic rings. The first kappa shape index (κ1) is 15.3. The molecule has 0 heterocycles. The maximum absolute atomic E-state index is 9.85. The average Bonchev–Trinajstić information content (AvgIpc) is 2.16. The number of nitrogens with one attached hydrogen (secondary N) is 1. The third kappa shape index (κ3) is 4.03. The Bertz CT molecular complexity index is 282. The van der Waals surface area contributed by atoms with Crippen molar-refractivity contribution in [1.82, 2.24) is 0 Å². The molecule has 0 rings (SSSR count). The molecule has 0 radical (unpaired) electrons. The first-order chi connectivity index (χ1) is 7.15. The van der Waals surface area contributed by atoms with Crippen LogP contribution in [-0.4, -0.2) is 29.6 Å². The first-order valence-electron chi connectivity index (χ1n) is 4.78. The van der Waals surface area contributed by atoms with Crippen molar-refractivity contribution in [2.24, 2.45) is 5.73 Å². The average molecular weight is 248 g/mol. The van der Waals surface area contributed by atoms with Gasteiger partial charge in [-0.15, -0.1) is 0 Å². The second-order valence-corrected chi connectivity index (χ2v) is 5.09. The van der Waals surface area contributed by atoms with Gasteiger partial charge in [0.1, 0.15) is 10.5 Å². The van der Waals surface area contributed by atoms with E-state index in [1.54, 1.807) is 27.7 Å². The molecule has 0 aromatic carbocycles. The molecule has 0 fully saturated rings. The molecule has 0 amide bonds. The largest absolute Gasteiger partial charge is 0.482 e. The predicted molar refractivity (Wildman–Crippen MR) is 66.1 cm³/mol. The van der Waals surface area contributed by atoms with Crippen LogP contribution < -0.4 is 5.73 Å². The Hall–Kier alpha value is -0.720. The maximum Gasteiger partial charge on any atom is 0.201 e. The van der Waals surface area contributed by atoms with Crippen LogP contribution in [0.15, 0.2) is 10.8 Å². The molecule has 6 heteroatoms. The maximum atomic E-state index is 9.85. The Balaban J connectivity index is 4.62. The molecule has 0 saturated heterocycles. The molecule has 0 spiro atoms. The third-order valence-electron chi connectivity index (χ3n) is 2.41. The minimum Gasteiger partial charge on any atom is -0.482 e. The molecule has 0 aliphatic heterocycles. The summed E-state index contributed by atoms with van der Waals surface area (Å²) in [5.41, 5.74) is 3.73. The standard InChI is InChI=1S/C10H20N2O3S/c1-9(2,13)10(3,4)15-16-7(6-11)8(12)14-5/h6,11,13H,12H2,1-5H3/b8-7-,11-6?. The number of hydrogen-bond donors (Lipinski definition) is 3. The third-order valence-corrected chi connectivity index (χ3v) is 3.41. The second-order valence-electron chi connectivity index (χ2n) is 4.31. The van der Waals surface area contributed by atoms with Crippen molar-refractivity contribution in [2.75, 3.05) is 7.11 Å². The van der Waals surface area contributed by atoms with E-state index >= 15 is 0 Å². The van der Waals surface area contributed by atoms with Gasteiger partial charge in [0.05, 0.1) is 12.7 Å². The van der Waals surface area contributed by atoms with Crippen LogP contribution >= 0.6 is 12.0 Å². The highest BCUT2D eigenvalue weighted by Crippen LogP contribution is 2.32. The highest BCUT2D eigenvalue weighted by atomic mass is 32.2. The number of ether oxygens (including phenoxy) is 1. The van der Waals surface area contributed by atoms with E-state index in [2.05, 4.69) is 0 Å². The fourth-order valence-corrected chi connectivity index (χ4v) is 1.20. The van der Waals surface area contributed by atoms with Gasteiger partial charge in [0.2, 0.25) is 5.88 Å². The van der Waals surface area contributed by atoms with Crippen LogP contribution in [0.4, 0.5) is 0 Å². The Morgan fingerprint density at radius 2 is 1.88 bits per heavy atom. The minimum absolute atomic E-state index is 0.117. The van der Waals surface area contributed by atoms with Crippen molar-refractivity contribution in [3.63, 3.8) is 0 Å². The van der Waals surface area contributed by atoms with Gasteiger partial charge in [0, 0.05) is 18.3 Å². The Kier molecular flexibility index (Phi) is 5.31. The van der Waals surface area contributed by atoms with Crippen LogP contribution in [0.2, 0.25) is 0 Å². The van der Waals surface area contributed by atoms with Crippen LogP contribution in [0.5, 0.6) is 0 Å². The molecular weight excluding hydrogens is 228 g/mol. The van der Waals surface area contributed by atoms with E-state index in [0.717, 1.165) is 18.3 Å². The molecule has 5 nitrogen and oxygen atoms in total. The molecular formula is C10H20N2O3S. The monoisotopic (exact) mass is 248 g/mol. The Morgan fingerprint density at radius 3 is 2.19 bits per heavy atom. The lowest BCUT2D eigenvalue weighted by molar-refractivity contribution is -0.0810. The van der Waals surface area contributed by atoms with Gasteiger partial charge in [-0.25, -0.2) is 0 Å². The van der Waals surface area contributed by atoms with E-state index in [-0.39, 0.29) is 5.88 Å². The van der Waals surface area contributed by atoms with Gasteiger partial charge in [-0.3, -0.25) is 0 Å². The fourth-order valence-electron chi connectivity index (χ4n) is 0.488. The summed E-state index contributed by atoms with van der Waals surface area (Å²) in [6, 6.07) is 0. The van der Waals surface area contributed by atoms with Gasteiger partial charge in [-0.2, -0.15) is 0 Å². The molecule has 0 bridgehead atoms. The summed E-state index contributed by atoms with van der Waals surface area (Å²) >= 11 is 0.915. The molecule has 94 valence electrons. The summed E-state index contributed by atoms with van der Waals surface area (Å²) in [5, 5.41) is 17.0. The summed E-state index contributed by atoms with van der Waals surface area (Å²) < 4.78 is 10.3. The number of rotatable bonds is 6. The molecule has 4 N–H and O–H groups in total. The predicted octanol–water partition coefficient (Wildman–Crippen LogP) is 1.62. The van der Waals surface area contributed by atoms with Crippen molar-refractivity contribution in [3.05, 3.63) is 10.8 Å². The number of allylic oxidation sites excluding steroid dienone is 1. The van der Waals surface area contributed by atoms with E-state index in [0.29, 0.717) is 4.91 Å². The quantitative estimate of drug-likeness (QED) is 0.377. The summed E-state index contributed by atoms with van der Waals surface area (Å²) in [6.45, 7) is 6.82. The highest BCUT2D eigenvalue weighted by Gasteiger charge is 2.37. The van der Waals surface area contributed by atoms with Crippen LogP contribution in [0.25, 0.3) is 0 Å². The van der Waals surface area contributed by atoms with Gasteiger partial charge in [0.15, 0.2) is 0 Å². The van der Waals surface area contributed by atoms with Crippen LogP contribution in [0.3, 0.4) is 0 Å². The smallest absolute Gasteiger partial charge is 0.201 e. The van der Waals surface area contributed by atoms with Crippen molar-refractivity contribution in [3.8, 4) is 0 Å². The van der Waals surface area contributed by atoms with E-state index in [1.165, 1.54) is 7.11 Å². The van der Waals surface area contributed by atoms with Gasteiger partial charge in [-0.05, 0) is 27.7 Å². The van der Waals surface area contributed by atoms with Crippen LogP contribution in [0, 0.1) is 5.41 Å². The van der Waals surface area contributed by atoms with Crippen molar-refractivity contribution in [1.29, 1.82) is 5.41 Å². The Morgan fingerprint density at radius 1 is 1.38 bits per heavy atom. The lowest BCUT2D eigenvalue weighted by Crippen LogP contribution is -2.45. The SMILES string of the molecule is CO/C(N)=C(/C=N)SOC(C)(C)C(C)(C)O. The molecule has 0 saturated carbocycles. The van der Waals surface area contributed by atoms with Gasteiger partial charge in [0.25, 0.3) is 0 Å². The van der Waals surface area contributed by atoms with Crippen LogP contribution in [-0.2, 0) is 8.92 Å². The highest BCUT2D eigenvalue weighted by molar-refractivity contribution is 7.99. The fraction of sp³-hybridized carbons (Fsp3) is 0.700. The zero-order valence-electron chi connectivity index (χ0n) is 10.3. The molecule has 0 aromatic heterocycles. The summed E-state index contributed by atoms with van der Waals surface area (Å²) in [4.78, 5) is 0.361. The normalized spacial score (nSPS) is 14.4. The van der Waals surface area contributed by atoms with Crippen molar-refractivity contribution < 1.29 is 14.0 Å². The van der Waals surface area contributed by atoms with E-state index in [1.807, 2.05) is 0 Å². The van der Waals surface area contributed by atoms with Crippen molar-refractivity contribution in [2.45, 2.75) is 38.9 Å². The van der Waals surface area contributed by atoms with E-state index in [9.17, 15) is 5.11 Å². The van der Waals surface area contributed by atoms with Gasteiger partial charge in [-0.1, -0.05) is 0 Å². The van der Waals surface area contributed by atoms with E-state index in [4.69, 9.17) is 20.1 Å². The summed E-state index contributed by atoms with van der Waals surface area (Å²) in [7, 11) is 1.42. The summed E-state index contributed by atoms with van der Waals surface area (Å²) in [6.07, 6.45) is 1.05. The molecule has 0 aromatic rings. The second kappa shape index (κ2) is 5.56. The van der Waals surface area contributed by atoms with Crippen LogP contribution in [0.1, 0.15) is 27.7 Å². The number of nitrogens with two attached hydrogens (primary N) is 1. The molecule has 16 heavy (non-hydrogen) atoms. The zero-order chi connectivity index (χ0) is 13.0. The number of hydrogen-bond acceptors (Lipinski definition) is 6. The Labute approximate surface area is 101 Å². The number of aliphatic hydroxyl groups is 1. The van der Waals surface area contributed by atoms with Gasteiger partial charge >= 0.3 is 0 Å². The minimum atomic E-state index is -1.00. The first-order valence-corrected chi connectivity index (χ1v) is 5.52. The zero-order valence-corrected chi connectivity index (χ0v) is 11.1. The van der Waals surface area contributed by atoms with Gasteiger partial charge < -0.3 is 25.2 Å². The van der Waals surface area contributed by atoms with E-state index < -0.39 is 11.2 Å². The summed E-state index contributed by atoms with van der Waals surface area (Å²) in [5.74, 6) is 0.117. The van der Waals surface area contributed by atoms with Crippen molar-refractivity contribution >= 4 is 18.3 Å². The molecule has 0 unspecified atom stereocenters. The lowest BCUT2D eigenvalue weighted by Gasteiger charge is -2.35. The number of methoxy groups -OCH3 is 1. The molecule has 0 atom stereocenters. The topological polar surface area (TPSA) is 88.6 Å². The molecule has 0 aliphatic carbocycles. The lowest BCUT2D eigenvalue weighted by atomic mass is 9.90.